The van der Waals surface area contributed by atoms with E-state index in [9.17, 15) is 13.6 Å². The van der Waals surface area contributed by atoms with Gasteiger partial charge in [-0.1, -0.05) is 20.8 Å². The van der Waals surface area contributed by atoms with E-state index in [1.807, 2.05) is 20.8 Å². The van der Waals surface area contributed by atoms with Crippen LogP contribution >= 0.6 is 0 Å². The molecule has 1 rings (SSSR count). The lowest BCUT2D eigenvalue weighted by atomic mass is 9.82. The molecule has 0 aromatic heterocycles. The Morgan fingerprint density at radius 3 is 2.40 bits per heavy atom. The molecule has 2 unspecified atom stereocenters. The second-order valence-electron chi connectivity index (χ2n) is 5.21. The molecule has 0 radical (unpaired) electrons. The van der Waals surface area contributed by atoms with Gasteiger partial charge >= 0.3 is 0 Å². The summed E-state index contributed by atoms with van der Waals surface area (Å²) in [5.41, 5.74) is -0.457. The number of nitrogens with one attached hydrogen (secondary N) is 1. The standard InChI is InChI=1S/C11H19F2NO/c1-11(2,3)9(15)7-5-4-6-8(14-7)10(12)13/h7-8,10,14H,4-6H2,1-3H3. The van der Waals surface area contributed by atoms with Crippen molar-refractivity contribution in [2.24, 2.45) is 5.41 Å². The van der Waals surface area contributed by atoms with Crippen molar-refractivity contribution in [2.45, 2.75) is 58.5 Å². The van der Waals surface area contributed by atoms with Gasteiger partial charge in [0.2, 0.25) is 0 Å². The quantitative estimate of drug-likeness (QED) is 0.772. The zero-order chi connectivity index (χ0) is 11.6. The van der Waals surface area contributed by atoms with Gasteiger partial charge in [0, 0.05) is 5.41 Å². The summed E-state index contributed by atoms with van der Waals surface area (Å²) >= 11 is 0. The third-order valence-electron chi connectivity index (χ3n) is 2.78. The fourth-order valence-corrected chi connectivity index (χ4v) is 1.90. The molecule has 1 aliphatic heterocycles. The van der Waals surface area contributed by atoms with Crippen LogP contribution in [0, 0.1) is 5.41 Å². The second kappa shape index (κ2) is 4.56. The van der Waals surface area contributed by atoms with Crippen LogP contribution in [-0.2, 0) is 4.79 Å². The molecule has 0 saturated carbocycles. The number of alkyl halides is 2. The Bertz CT molecular complexity index is 235. The maximum atomic E-state index is 12.5. The van der Waals surface area contributed by atoms with Gasteiger partial charge in [0.15, 0.2) is 5.78 Å². The van der Waals surface area contributed by atoms with Crippen LogP contribution in [0.1, 0.15) is 40.0 Å². The molecule has 1 aliphatic rings. The summed E-state index contributed by atoms with van der Waals surface area (Å²) in [5.74, 6) is 0.0350. The summed E-state index contributed by atoms with van der Waals surface area (Å²) in [7, 11) is 0. The Hall–Kier alpha value is -0.510. The minimum Gasteiger partial charge on any atom is -0.299 e. The molecule has 0 aromatic rings. The Labute approximate surface area is 89.4 Å². The predicted octanol–water partition coefficient (Wildman–Crippen LogP) is 2.38. The number of hydrogen-bond acceptors (Lipinski definition) is 2. The van der Waals surface area contributed by atoms with Gasteiger partial charge in [-0.2, -0.15) is 0 Å². The average molecular weight is 219 g/mol. The summed E-state index contributed by atoms with van der Waals surface area (Å²) in [6.45, 7) is 5.47. The van der Waals surface area contributed by atoms with Gasteiger partial charge in [-0.05, 0) is 19.3 Å². The first-order chi connectivity index (χ1) is 6.82. The van der Waals surface area contributed by atoms with Crippen LogP contribution in [0.2, 0.25) is 0 Å². The van der Waals surface area contributed by atoms with E-state index in [0.29, 0.717) is 19.3 Å². The summed E-state index contributed by atoms with van der Waals surface area (Å²) in [6, 6.07) is -1.20. The Balaban J connectivity index is 2.60. The van der Waals surface area contributed by atoms with Crippen LogP contribution in [0.25, 0.3) is 0 Å². The van der Waals surface area contributed by atoms with E-state index in [1.54, 1.807) is 0 Å². The third-order valence-corrected chi connectivity index (χ3v) is 2.78. The normalized spacial score (nSPS) is 28.1. The molecule has 0 spiro atoms. The highest BCUT2D eigenvalue weighted by molar-refractivity contribution is 5.88. The van der Waals surface area contributed by atoms with Crippen LogP contribution in [0.5, 0.6) is 0 Å². The van der Waals surface area contributed by atoms with E-state index in [4.69, 9.17) is 0 Å². The second-order valence-corrected chi connectivity index (χ2v) is 5.21. The zero-order valence-electron chi connectivity index (χ0n) is 9.52. The van der Waals surface area contributed by atoms with Crippen LogP contribution in [0.15, 0.2) is 0 Å². The van der Waals surface area contributed by atoms with Crippen LogP contribution in [0.3, 0.4) is 0 Å². The van der Waals surface area contributed by atoms with Gasteiger partial charge < -0.3 is 0 Å². The average Bonchev–Trinajstić information content (AvgIpc) is 2.15. The molecule has 0 aromatic carbocycles. The zero-order valence-corrected chi connectivity index (χ0v) is 9.52. The first-order valence-corrected chi connectivity index (χ1v) is 5.41. The van der Waals surface area contributed by atoms with Crippen molar-refractivity contribution in [1.82, 2.24) is 5.32 Å². The van der Waals surface area contributed by atoms with Gasteiger partial charge in [-0.15, -0.1) is 0 Å². The summed E-state index contributed by atoms with van der Waals surface area (Å²) in [6.07, 6.45) is -0.528. The van der Waals surface area contributed by atoms with E-state index in [-0.39, 0.29) is 5.78 Å². The lowest BCUT2D eigenvalue weighted by molar-refractivity contribution is -0.129. The fourth-order valence-electron chi connectivity index (χ4n) is 1.90. The number of piperidine rings is 1. The van der Waals surface area contributed by atoms with Crippen molar-refractivity contribution < 1.29 is 13.6 Å². The number of halogens is 2. The summed E-state index contributed by atoms with van der Waals surface area (Å²) in [5, 5.41) is 2.76. The largest absolute Gasteiger partial charge is 0.299 e. The Morgan fingerprint density at radius 2 is 1.93 bits per heavy atom. The lowest BCUT2D eigenvalue weighted by Crippen LogP contribution is -2.52. The summed E-state index contributed by atoms with van der Waals surface area (Å²) in [4.78, 5) is 11.9. The molecule has 0 aliphatic carbocycles. The van der Waals surface area contributed by atoms with E-state index in [0.717, 1.165) is 0 Å². The van der Waals surface area contributed by atoms with Crippen LogP contribution < -0.4 is 5.32 Å². The topological polar surface area (TPSA) is 29.1 Å². The lowest BCUT2D eigenvalue weighted by Gasteiger charge is -2.33. The monoisotopic (exact) mass is 219 g/mol. The molecule has 4 heteroatoms. The van der Waals surface area contributed by atoms with Crippen molar-refractivity contribution in [3.63, 3.8) is 0 Å². The number of carbonyl (C=O) groups is 1. The molecule has 0 bridgehead atoms. The molecule has 88 valence electrons. The van der Waals surface area contributed by atoms with Gasteiger partial charge in [-0.25, -0.2) is 8.78 Å². The first kappa shape index (κ1) is 12.6. The van der Waals surface area contributed by atoms with Crippen LogP contribution in [0.4, 0.5) is 8.78 Å². The van der Waals surface area contributed by atoms with E-state index in [1.165, 1.54) is 0 Å². The molecular weight excluding hydrogens is 200 g/mol. The third kappa shape index (κ3) is 3.23. The molecule has 1 heterocycles. The Kier molecular flexibility index (Phi) is 3.82. The number of ketones is 1. The summed E-state index contributed by atoms with van der Waals surface area (Å²) < 4.78 is 25.0. The van der Waals surface area contributed by atoms with Gasteiger partial charge in [0.25, 0.3) is 6.43 Å². The van der Waals surface area contributed by atoms with Crippen molar-refractivity contribution in [2.75, 3.05) is 0 Å². The molecule has 1 saturated heterocycles. The van der Waals surface area contributed by atoms with Gasteiger partial charge in [0.1, 0.15) is 0 Å². The van der Waals surface area contributed by atoms with E-state index < -0.39 is 23.9 Å². The van der Waals surface area contributed by atoms with Crippen molar-refractivity contribution >= 4 is 5.78 Å². The molecule has 1 N–H and O–H groups in total. The SMILES string of the molecule is CC(C)(C)C(=O)C1CCCC(C(F)F)N1. The van der Waals surface area contributed by atoms with Crippen molar-refractivity contribution in [3.05, 3.63) is 0 Å². The molecule has 2 atom stereocenters. The van der Waals surface area contributed by atoms with E-state index >= 15 is 0 Å². The predicted molar refractivity (Wildman–Crippen MR) is 55.0 cm³/mol. The Morgan fingerprint density at radius 1 is 1.33 bits per heavy atom. The number of rotatable bonds is 2. The minimum atomic E-state index is -2.37. The molecule has 1 fully saturated rings. The number of Topliss-reactive ketones (excluding diaryl/α,β-unsaturated/α-hetero) is 1. The molecule has 2 nitrogen and oxygen atoms in total. The fraction of sp³-hybridized carbons (Fsp3) is 0.909. The minimum absolute atomic E-state index is 0.0350. The van der Waals surface area contributed by atoms with Gasteiger partial charge in [0.05, 0.1) is 12.1 Å². The van der Waals surface area contributed by atoms with Crippen molar-refractivity contribution in [1.29, 1.82) is 0 Å². The number of hydrogen-bond donors (Lipinski definition) is 1. The maximum absolute atomic E-state index is 12.5. The highest BCUT2D eigenvalue weighted by atomic mass is 19.3. The maximum Gasteiger partial charge on any atom is 0.253 e. The highest BCUT2D eigenvalue weighted by Crippen LogP contribution is 2.24. The molecule has 15 heavy (non-hydrogen) atoms. The molecular formula is C11H19F2NO. The smallest absolute Gasteiger partial charge is 0.253 e. The van der Waals surface area contributed by atoms with Gasteiger partial charge in [-0.3, -0.25) is 10.1 Å². The van der Waals surface area contributed by atoms with E-state index in [2.05, 4.69) is 5.32 Å². The van der Waals surface area contributed by atoms with Crippen molar-refractivity contribution in [3.8, 4) is 0 Å². The number of carbonyl (C=O) groups excluding carboxylic acids is 1. The highest BCUT2D eigenvalue weighted by Gasteiger charge is 2.35. The van der Waals surface area contributed by atoms with Crippen LogP contribution in [-0.4, -0.2) is 24.3 Å². The first-order valence-electron chi connectivity index (χ1n) is 5.41. The molecule has 0 amide bonds.